The molecular formula is C16H26IN7O. The lowest BCUT2D eigenvalue weighted by Crippen LogP contribution is -2.51. The van der Waals surface area contributed by atoms with Gasteiger partial charge in [0.2, 0.25) is 11.9 Å². The number of aliphatic imine (C=N–C) groups is 1. The number of carbonyl (C=O) groups excluding carboxylic acids is 1. The van der Waals surface area contributed by atoms with Crippen molar-refractivity contribution in [3.63, 3.8) is 0 Å². The second-order valence-electron chi connectivity index (χ2n) is 6.14. The number of nitrogens with two attached hydrogens (primary N) is 1. The quantitative estimate of drug-likeness (QED) is 0.403. The first-order valence-electron chi connectivity index (χ1n) is 8.58. The van der Waals surface area contributed by atoms with Crippen LogP contribution in [0.2, 0.25) is 0 Å². The topological polar surface area (TPSA) is 91.0 Å². The van der Waals surface area contributed by atoms with Gasteiger partial charge in [-0.15, -0.1) is 24.0 Å². The van der Waals surface area contributed by atoms with Gasteiger partial charge in [0.1, 0.15) is 6.54 Å². The first-order valence-corrected chi connectivity index (χ1v) is 8.58. The maximum absolute atomic E-state index is 12.1. The van der Waals surface area contributed by atoms with E-state index in [1.165, 1.54) is 6.42 Å². The van der Waals surface area contributed by atoms with Crippen LogP contribution in [0.1, 0.15) is 19.3 Å². The summed E-state index contributed by atoms with van der Waals surface area (Å²) in [5, 5.41) is 0. The normalized spacial score (nSPS) is 18.7. The molecule has 1 amide bonds. The fourth-order valence-electron chi connectivity index (χ4n) is 3.08. The molecule has 0 radical (unpaired) electrons. The van der Waals surface area contributed by atoms with E-state index in [1.807, 2.05) is 15.9 Å². The highest BCUT2D eigenvalue weighted by Crippen LogP contribution is 2.10. The molecule has 3 rings (SSSR count). The number of piperidine rings is 1. The van der Waals surface area contributed by atoms with Crippen LogP contribution >= 0.6 is 24.0 Å². The Kier molecular flexibility index (Phi) is 7.66. The van der Waals surface area contributed by atoms with Crippen LogP contribution in [0.4, 0.5) is 5.95 Å². The lowest BCUT2D eigenvalue weighted by atomic mass is 10.1. The van der Waals surface area contributed by atoms with Gasteiger partial charge in [0.25, 0.3) is 0 Å². The molecule has 2 aliphatic heterocycles. The molecule has 0 aliphatic carbocycles. The zero-order chi connectivity index (χ0) is 16.8. The Labute approximate surface area is 165 Å². The largest absolute Gasteiger partial charge is 0.370 e. The number of rotatable bonds is 3. The monoisotopic (exact) mass is 459 g/mol. The summed E-state index contributed by atoms with van der Waals surface area (Å²) >= 11 is 0. The molecule has 2 fully saturated rings. The molecule has 3 heterocycles. The first-order chi connectivity index (χ1) is 11.7. The summed E-state index contributed by atoms with van der Waals surface area (Å²) in [5.41, 5.74) is 6.07. The zero-order valence-corrected chi connectivity index (χ0v) is 16.7. The van der Waals surface area contributed by atoms with Gasteiger partial charge >= 0.3 is 0 Å². The van der Waals surface area contributed by atoms with E-state index in [0.29, 0.717) is 5.96 Å². The Balaban J connectivity index is 0.00000225. The lowest BCUT2D eigenvalue weighted by molar-refractivity contribution is -0.130. The van der Waals surface area contributed by atoms with E-state index >= 15 is 0 Å². The van der Waals surface area contributed by atoms with Crippen LogP contribution in [0.3, 0.4) is 0 Å². The Morgan fingerprint density at radius 2 is 1.64 bits per heavy atom. The number of anilines is 1. The number of hydrogen-bond donors (Lipinski definition) is 1. The number of amides is 1. The van der Waals surface area contributed by atoms with Crippen molar-refractivity contribution in [1.82, 2.24) is 19.8 Å². The van der Waals surface area contributed by atoms with Gasteiger partial charge in [0.05, 0.1) is 0 Å². The summed E-state index contributed by atoms with van der Waals surface area (Å²) in [6.07, 6.45) is 6.89. The minimum Gasteiger partial charge on any atom is -0.370 e. The van der Waals surface area contributed by atoms with E-state index in [-0.39, 0.29) is 36.4 Å². The van der Waals surface area contributed by atoms with Gasteiger partial charge < -0.3 is 20.4 Å². The van der Waals surface area contributed by atoms with E-state index in [9.17, 15) is 4.79 Å². The number of carbonyl (C=O) groups is 1. The van der Waals surface area contributed by atoms with Crippen LogP contribution < -0.4 is 10.6 Å². The number of guanidine groups is 1. The van der Waals surface area contributed by atoms with Crippen molar-refractivity contribution < 1.29 is 4.79 Å². The number of piperazine rings is 1. The maximum Gasteiger partial charge on any atom is 0.244 e. The molecule has 9 heteroatoms. The Bertz CT molecular complexity index is 569. The van der Waals surface area contributed by atoms with Gasteiger partial charge in [-0.1, -0.05) is 0 Å². The van der Waals surface area contributed by atoms with Crippen LogP contribution in [0, 0.1) is 0 Å². The highest BCUT2D eigenvalue weighted by Gasteiger charge is 2.21. The Morgan fingerprint density at radius 1 is 1.00 bits per heavy atom. The average molecular weight is 459 g/mol. The third kappa shape index (κ3) is 5.41. The second-order valence-corrected chi connectivity index (χ2v) is 6.14. The molecule has 2 N–H and O–H groups in total. The summed E-state index contributed by atoms with van der Waals surface area (Å²) in [6.45, 7) is 4.94. The molecule has 138 valence electrons. The van der Waals surface area contributed by atoms with Gasteiger partial charge in [-0.3, -0.25) is 4.79 Å². The highest BCUT2D eigenvalue weighted by molar-refractivity contribution is 14.0. The van der Waals surface area contributed by atoms with Crippen LogP contribution in [-0.2, 0) is 4.79 Å². The van der Waals surface area contributed by atoms with Gasteiger partial charge in [-0.25, -0.2) is 15.0 Å². The molecule has 2 aliphatic rings. The minimum atomic E-state index is 0. The SMILES string of the molecule is I.NC(=NCC(=O)N1CCCCC1)N1CCN(c2ncccn2)CC1. The molecule has 0 atom stereocenters. The van der Waals surface area contributed by atoms with Crippen LogP contribution in [0.5, 0.6) is 0 Å². The minimum absolute atomic E-state index is 0. The number of aromatic nitrogens is 2. The molecule has 1 aromatic heterocycles. The van der Waals surface area contributed by atoms with Crippen molar-refractivity contribution >= 4 is 41.8 Å². The standard InChI is InChI=1S/C16H25N7O.HI/c17-15(20-13-14(24)21-7-2-1-3-8-21)22-9-11-23(12-10-22)16-18-5-4-6-19-16;/h4-6H,1-3,7-13H2,(H2,17,20);1H. The first kappa shape index (κ1) is 19.7. The Morgan fingerprint density at radius 3 is 2.28 bits per heavy atom. The molecule has 0 unspecified atom stereocenters. The summed E-state index contributed by atoms with van der Waals surface area (Å²) in [5.74, 6) is 1.27. The van der Waals surface area contributed by atoms with Gasteiger partial charge in [-0.05, 0) is 25.3 Å². The zero-order valence-electron chi connectivity index (χ0n) is 14.4. The number of hydrogen-bond acceptors (Lipinski definition) is 5. The molecule has 2 saturated heterocycles. The van der Waals surface area contributed by atoms with Crippen LogP contribution in [0.15, 0.2) is 23.5 Å². The Hall–Kier alpha value is -1.65. The van der Waals surface area contributed by atoms with Crippen molar-refractivity contribution in [2.24, 2.45) is 10.7 Å². The van der Waals surface area contributed by atoms with Gasteiger partial charge in [0.15, 0.2) is 5.96 Å². The summed E-state index contributed by atoms with van der Waals surface area (Å²) in [4.78, 5) is 31.0. The summed E-state index contributed by atoms with van der Waals surface area (Å²) in [7, 11) is 0. The fraction of sp³-hybridized carbons (Fsp3) is 0.625. The fourth-order valence-corrected chi connectivity index (χ4v) is 3.08. The summed E-state index contributed by atoms with van der Waals surface area (Å²) in [6, 6.07) is 1.81. The highest BCUT2D eigenvalue weighted by atomic mass is 127. The molecule has 0 aromatic carbocycles. The molecule has 1 aromatic rings. The van der Waals surface area contributed by atoms with Crippen molar-refractivity contribution in [1.29, 1.82) is 0 Å². The van der Waals surface area contributed by atoms with Crippen LogP contribution in [0.25, 0.3) is 0 Å². The van der Waals surface area contributed by atoms with E-state index in [4.69, 9.17) is 5.73 Å². The van der Waals surface area contributed by atoms with Crippen molar-refractivity contribution in [3.05, 3.63) is 18.5 Å². The van der Waals surface area contributed by atoms with Crippen molar-refractivity contribution in [2.45, 2.75) is 19.3 Å². The maximum atomic E-state index is 12.1. The van der Waals surface area contributed by atoms with Gasteiger partial charge in [0, 0.05) is 51.7 Å². The molecule has 0 saturated carbocycles. The molecule has 0 bridgehead atoms. The van der Waals surface area contributed by atoms with E-state index in [2.05, 4.69) is 19.9 Å². The number of nitrogens with zero attached hydrogens (tertiary/aromatic N) is 6. The predicted octanol–water partition coefficient (Wildman–Crippen LogP) is 0.544. The number of halogens is 1. The van der Waals surface area contributed by atoms with E-state index < -0.39 is 0 Å². The number of likely N-dealkylation sites (tertiary alicyclic amines) is 1. The predicted molar refractivity (Wildman–Crippen MR) is 108 cm³/mol. The molecule has 8 nitrogen and oxygen atoms in total. The molecule has 0 spiro atoms. The summed E-state index contributed by atoms with van der Waals surface area (Å²) < 4.78 is 0. The van der Waals surface area contributed by atoms with E-state index in [0.717, 1.165) is 58.1 Å². The van der Waals surface area contributed by atoms with Crippen molar-refractivity contribution in [3.8, 4) is 0 Å². The van der Waals surface area contributed by atoms with E-state index in [1.54, 1.807) is 12.4 Å². The van der Waals surface area contributed by atoms with Crippen LogP contribution in [-0.4, -0.2) is 77.4 Å². The molecule has 25 heavy (non-hydrogen) atoms. The van der Waals surface area contributed by atoms with Crippen molar-refractivity contribution in [2.75, 3.05) is 50.7 Å². The van der Waals surface area contributed by atoms with Gasteiger partial charge in [-0.2, -0.15) is 0 Å². The smallest absolute Gasteiger partial charge is 0.244 e. The third-order valence-corrected chi connectivity index (χ3v) is 4.52. The second kappa shape index (κ2) is 9.73. The third-order valence-electron chi connectivity index (χ3n) is 4.52. The average Bonchev–Trinajstić information content (AvgIpc) is 2.67. The lowest BCUT2D eigenvalue weighted by Gasteiger charge is -2.35. The molecular weight excluding hydrogens is 433 g/mol.